The summed E-state index contributed by atoms with van der Waals surface area (Å²) in [7, 11) is 1.05. The highest BCUT2D eigenvalue weighted by molar-refractivity contribution is 5.96. The van der Waals surface area contributed by atoms with E-state index in [1.54, 1.807) is 0 Å². The van der Waals surface area contributed by atoms with E-state index in [-0.39, 0.29) is 11.4 Å². The number of amides is 1. The van der Waals surface area contributed by atoms with Crippen molar-refractivity contribution in [2.24, 2.45) is 0 Å². The van der Waals surface area contributed by atoms with Crippen molar-refractivity contribution in [3.63, 3.8) is 0 Å². The molecule has 0 radical (unpaired) electrons. The standard InChI is InChI=1S/C9H10F3N3O/c1-15(5-9(10,11)12)8(16)7-6(13)3-2-4-14-7/h2-4H,5,13H2,1H3. The number of halogens is 3. The monoisotopic (exact) mass is 233 g/mol. The molecule has 16 heavy (non-hydrogen) atoms. The minimum absolute atomic E-state index is 0.0570. The van der Waals surface area contributed by atoms with Crippen molar-refractivity contribution >= 4 is 11.6 Å². The van der Waals surface area contributed by atoms with Crippen LogP contribution in [0.25, 0.3) is 0 Å². The van der Waals surface area contributed by atoms with Crippen LogP contribution >= 0.6 is 0 Å². The number of carbonyl (C=O) groups is 1. The molecule has 88 valence electrons. The molecule has 1 aromatic heterocycles. The van der Waals surface area contributed by atoms with E-state index in [2.05, 4.69) is 4.98 Å². The number of aromatic nitrogens is 1. The summed E-state index contributed by atoms with van der Waals surface area (Å²) in [6.45, 7) is -1.33. The van der Waals surface area contributed by atoms with Gasteiger partial charge in [0.1, 0.15) is 6.54 Å². The number of nitrogens with two attached hydrogens (primary N) is 1. The number of pyridine rings is 1. The average molecular weight is 233 g/mol. The summed E-state index contributed by atoms with van der Waals surface area (Å²) >= 11 is 0. The van der Waals surface area contributed by atoms with Gasteiger partial charge in [-0.25, -0.2) is 4.98 Å². The first kappa shape index (κ1) is 12.3. The second kappa shape index (κ2) is 4.38. The van der Waals surface area contributed by atoms with Gasteiger partial charge in [-0.05, 0) is 12.1 Å². The van der Waals surface area contributed by atoms with Crippen molar-refractivity contribution in [1.29, 1.82) is 0 Å². The Morgan fingerprint density at radius 2 is 2.19 bits per heavy atom. The zero-order valence-corrected chi connectivity index (χ0v) is 8.45. The minimum Gasteiger partial charge on any atom is -0.397 e. The Morgan fingerprint density at radius 1 is 1.56 bits per heavy atom. The lowest BCUT2D eigenvalue weighted by Crippen LogP contribution is -2.36. The molecule has 0 atom stereocenters. The van der Waals surface area contributed by atoms with Crippen LogP contribution in [0.3, 0.4) is 0 Å². The van der Waals surface area contributed by atoms with Crippen LogP contribution in [0.15, 0.2) is 18.3 Å². The van der Waals surface area contributed by atoms with Crippen molar-refractivity contribution in [2.75, 3.05) is 19.3 Å². The summed E-state index contributed by atoms with van der Waals surface area (Å²) in [5.74, 6) is -0.851. The zero-order chi connectivity index (χ0) is 12.3. The Kier molecular flexibility index (Phi) is 3.36. The Labute approximate surface area is 89.9 Å². The van der Waals surface area contributed by atoms with E-state index in [1.807, 2.05) is 0 Å². The van der Waals surface area contributed by atoms with Gasteiger partial charge in [-0.2, -0.15) is 13.2 Å². The van der Waals surface area contributed by atoms with E-state index in [4.69, 9.17) is 5.73 Å². The lowest BCUT2D eigenvalue weighted by molar-refractivity contribution is -0.138. The number of alkyl halides is 3. The maximum atomic E-state index is 12.0. The third kappa shape index (κ3) is 3.11. The molecule has 0 aliphatic rings. The molecule has 0 spiro atoms. The third-order valence-electron chi connectivity index (χ3n) is 1.80. The van der Waals surface area contributed by atoms with E-state index in [9.17, 15) is 18.0 Å². The number of hydrogen-bond donors (Lipinski definition) is 1. The second-order valence-electron chi connectivity index (χ2n) is 3.22. The van der Waals surface area contributed by atoms with Crippen LogP contribution in [0.5, 0.6) is 0 Å². The van der Waals surface area contributed by atoms with Gasteiger partial charge in [0, 0.05) is 13.2 Å². The predicted octanol–water partition coefficient (Wildman–Crippen LogP) is 1.30. The summed E-state index contributed by atoms with van der Waals surface area (Å²) in [5.41, 5.74) is 5.32. The van der Waals surface area contributed by atoms with Crippen LogP contribution in [0.2, 0.25) is 0 Å². The van der Waals surface area contributed by atoms with E-state index in [0.717, 1.165) is 7.05 Å². The smallest absolute Gasteiger partial charge is 0.397 e. The highest BCUT2D eigenvalue weighted by Gasteiger charge is 2.32. The zero-order valence-electron chi connectivity index (χ0n) is 8.45. The average Bonchev–Trinajstić information content (AvgIpc) is 2.15. The fourth-order valence-electron chi connectivity index (χ4n) is 1.12. The fraction of sp³-hybridized carbons (Fsp3) is 0.333. The first-order chi connectivity index (χ1) is 7.31. The molecule has 2 N–H and O–H groups in total. The Balaban J connectivity index is 2.83. The molecule has 1 rings (SSSR count). The SMILES string of the molecule is CN(CC(F)(F)F)C(=O)c1ncccc1N. The van der Waals surface area contributed by atoms with E-state index in [1.165, 1.54) is 18.3 Å². The number of hydrogen-bond acceptors (Lipinski definition) is 3. The van der Waals surface area contributed by atoms with Crippen molar-refractivity contribution in [2.45, 2.75) is 6.18 Å². The molecule has 0 saturated carbocycles. The number of nitrogen functional groups attached to an aromatic ring is 1. The summed E-state index contributed by atoms with van der Waals surface area (Å²) < 4.78 is 36.1. The maximum absolute atomic E-state index is 12.0. The summed E-state index contributed by atoms with van der Waals surface area (Å²) in [6, 6.07) is 2.90. The summed E-state index contributed by atoms with van der Waals surface area (Å²) in [6.07, 6.45) is -3.14. The van der Waals surface area contributed by atoms with Crippen LogP contribution in [-0.4, -0.2) is 35.6 Å². The van der Waals surface area contributed by atoms with Crippen molar-refractivity contribution in [3.05, 3.63) is 24.0 Å². The molecule has 0 aliphatic heterocycles. The van der Waals surface area contributed by atoms with Crippen LogP contribution in [0.4, 0.5) is 18.9 Å². The lowest BCUT2D eigenvalue weighted by atomic mass is 10.2. The fourth-order valence-corrected chi connectivity index (χ4v) is 1.12. The number of nitrogens with zero attached hydrogens (tertiary/aromatic N) is 2. The first-order valence-electron chi connectivity index (χ1n) is 4.34. The van der Waals surface area contributed by atoms with Crippen molar-refractivity contribution < 1.29 is 18.0 Å². The molecule has 4 nitrogen and oxygen atoms in total. The van der Waals surface area contributed by atoms with Crippen LogP contribution in [0.1, 0.15) is 10.5 Å². The molecule has 0 bridgehead atoms. The Morgan fingerprint density at radius 3 is 2.69 bits per heavy atom. The molecular formula is C9H10F3N3O. The van der Waals surface area contributed by atoms with Crippen LogP contribution < -0.4 is 5.73 Å². The molecule has 0 aliphatic carbocycles. The minimum atomic E-state index is -4.44. The van der Waals surface area contributed by atoms with Gasteiger partial charge < -0.3 is 10.6 Å². The van der Waals surface area contributed by atoms with Gasteiger partial charge >= 0.3 is 6.18 Å². The quantitative estimate of drug-likeness (QED) is 0.837. The molecule has 1 aromatic rings. The first-order valence-corrected chi connectivity index (χ1v) is 4.34. The maximum Gasteiger partial charge on any atom is 0.406 e. The predicted molar refractivity (Wildman–Crippen MR) is 51.7 cm³/mol. The largest absolute Gasteiger partial charge is 0.406 e. The third-order valence-corrected chi connectivity index (χ3v) is 1.80. The molecule has 0 fully saturated rings. The van der Waals surface area contributed by atoms with Crippen molar-refractivity contribution in [1.82, 2.24) is 9.88 Å². The number of carbonyl (C=O) groups excluding carboxylic acids is 1. The molecule has 0 saturated heterocycles. The number of anilines is 1. The van der Waals surface area contributed by atoms with Gasteiger partial charge in [0.25, 0.3) is 5.91 Å². The Hall–Kier alpha value is -1.79. The summed E-state index contributed by atoms with van der Waals surface area (Å²) in [4.78, 5) is 15.7. The molecule has 0 unspecified atom stereocenters. The van der Waals surface area contributed by atoms with Gasteiger partial charge in [-0.3, -0.25) is 4.79 Å². The van der Waals surface area contributed by atoms with Crippen LogP contribution in [-0.2, 0) is 0 Å². The van der Waals surface area contributed by atoms with Gasteiger partial charge in [0.15, 0.2) is 5.69 Å². The molecular weight excluding hydrogens is 223 g/mol. The van der Waals surface area contributed by atoms with Crippen LogP contribution in [0, 0.1) is 0 Å². The van der Waals surface area contributed by atoms with Crippen molar-refractivity contribution in [3.8, 4) is 0 Å². The highest BCUT2D eigenvalue weighted by atomic mass is 19.4. The van der Waals surface area contributed by atoms with Gasteiger partial charge in [-0.1, -0.05) is 0 Å². The normalized spacial score (nSPS) is 11.2. The molecule has 0 aromatic carbocycles. The van der Waals surface area contributed by atoms with E-state index in [0.29, 0.717) is 4.90 Å². The highest BCUT2D eigenvalue weighted by Crippen LogP contribution is 2.17. The van der Waals surface area contributed by atoms with E-state index >= 15 is 0 Å². The topological polar surface area (TPSA) is 59.2 Å². The van der Waals surface area contributed by atoms with Gasteiger partial charge in [-0.15, -0.1) is 0 Å². The van der Waals surface area contributed by atoms with Gasteiger partial charge in [0.05, 0.1) is 5.69 Å². The Bertz CT molecular complexity index is 392. The number of rotatable bonds is 2. The molecule has 1 amide bonds. The van der Waals surface area contributed by atoms with Gasteiger partial charge in [0.2, 0.25) is 0 Å². The second-order valence-corrected chi connectivity index (χ2v) is 3.22. The summed E-state index contributed by atoms with van der Waals surface area (Å²) in [5, 5.41) is 0. The molecule has 7 heteroatoms. The molecule has 1 heterocycles. The lowest BCUT2D eigenvalue weighted by Gasteiger charge is -2.18. The van der Waals surface area contributed by atoms with E-state index < -0.39 is 18.6 Å².